The fraction of sp³-hybridized carbons (Fsp3) is 0.529. The monoisotopic (exact) mass is 286 g/mol. The van der Waals surface area contributed by atoms with Crippen LogP contribution in [0.25, 0.3) is 0 Å². The molecule has 4 heteroatoms. The van der Waals surface area contributed by atoms with Crippen molar-refractivity contribution in [1.29, 1.82) is 0 Å². The predicted molar refractivity (Wildman–Crippen MR) is 80.8 cm³/mol. The van der Waals surface area contributed by atoms with Crippen LogP contribution in [0.1, 0.15) is 38.2 Å². The quantitative estimate of drug-likeness (QED) is 0.846. The largest absolute Gasteiger partial charge is 0.326 e. The Morgan fingerprint density at radius 3 is 2.67 bits per heavy atom. The second-order valence-electron chi connectivity index (χ2n) is 6.27. The van der Waals surface area contributed by atoms with Crippen molar-refractivity contribution in [3.05, 3.63) is 35.9 Å². The highest BCUT2D eigenvalue weighted by molar-refractivity contribution is 6.04. The number of amides is 3. The third-order valence-corrected chi connectivity index (χ3v) is 4.84. The fourth-order valence-electron chi connectivity index (χ4n) is 3.13. The molecule has 21 heavy (non-hydrogen) atoms. The highest BCUT2D eigenvalue weighted by atomic mass is 16.2. The predicted octanol–water partition coefficient (Wildman–Crippen LogP) is 2.76. The van der Waals surface area contributed by atoms with Crippen LogP contribution in [0.15, 0.2) is 30.3 Å². The van der Waals surface area contributed by atoms with Crippen LogP contribution >= 0.6 is 0 Å². The molecule has 2 aliphatic rings. The van der Waals surface area contributed by atoms with Crippen LogP contribution in [-0.4, -0.2) is 29.4 Å². The van der Waals surface area contributed by atoms with Crippen LogP contribution in [-0.2, 0) is 4.79 Å². The lowest BCUT2D eigenvalue weighted by Gasteiger charge is -2.16. The highest BCUT2D eigenvalue weighted by Gasteiger charge is 2.46. The molecule has 4 nitrogen and oxygen atoms in total. The van der Waals surface area contributed by atoms with Gasteiger partial charge in [0.2, 0.25) is 0 Å². The molecule has 112 valence electrons. The summed E-state index contributed by atoms with van der Waals surface area (Å²) in [6.07, 6.45) is 1.95. The summed E-state index contributed by atoms with van der Waals surface area (Å²) in [4.78, 5) is 25.8. The zero-order valence-electron chi connectivity index (χ0n) is 12.6. The van der Waals surface area contributed by atoms with Gasteiger partial charge >= 0.3 is 6.03 Å². The second kappa shape index (κ2) is 5.51. The van der Waals surface area contributed by atoms with Gasteiger partial charge in [-0.25, -0.2) is 4.79 Å². The van der Waals surface area contributed by atoms with Crippen LogP contribution in [0.5, 0.6) is 0 Å². The molecule has 1 saturated heterocycles. The Bertz CT molecular complexity index is 543. The first-order valence-corrected chi connectivity index (χ1v) is 7.78. The number of nitrogens with zero attached hydrogens (tertiary/aromatic N) is 1. The van der Waals surface area contributed by atoms with Crippen molar-refractivity contribution in [3.63, 3.8) is 0 Å². The third kappa shape index (κ3) is 2.67. The Balaban J connectivity index is 1.62. The summed E-state index contributed by atoms with van der Waals surface area (Å²) in [5, 5.41) is 2.83. The van der Waals surface area contributed by atoms with Gasteiger partial charge in [0.25, 0.3) is 5.91 Å². The molecule has 0 unspecified atom stereocenters. The van der Waals surface area contributed by atoms with Crippen molar-refractivity contribution in [2.45, 2.75) is 38.6 Å². The lowest BCUT2D eigenvalue weighted by atomic mass is 9.99. The lowest BCUT2D eigenvalue weighted by molar-refractivity contribution is -0.128. The first-order chi connectivity index (χ1) is 10.1. The van der Waals surface area contributed by atoms with E-state index in [1.54, 1.807) is 0 Å². The number of urea groups is 1. The third-order valence-electron chi connectivity index (χ3n) is 4.84. The standard InChI is InChI=1S/C17H22N2O2/c1-3-11(2)15-16(20)19(17(21)18-15)10-13-9-14(13)12-7-5-4-6-8-12/h4-8,11,13-15H,3,9-10H2,1-2H3,(H,18,21)/t11-,13-,14-,15-/m0/s1. The molecule has 1 aliphatic carbocycles. The van der Waals surface area contributed by atoms with Gasteiger partial charge in [-0.05, 0) is 29.7 Å². The first-order valence-electron chi connectivity index (χ1n) is 7.78. The Labute approximate surface area is 125 Å². The molecule has 2 fully saturated rings. The minimum absolute atomic E-state index is 0.0481. The summed E-state index contributed by atoms with van der Waals surface area (Å²) < 4.78 is 0. The van der Waals surface area contributed by atoms with Crippen LogP contribution in [0.3, 0.4) is 0 Å². The second-order valence-corrected chi connectivity index (χ2v) is 6.27. The van der Waals surface area contributed by atoms with Crippen molar-refractivity contribution >= 4 is 11.9 Å². The maximum atomic E-state index is 12.4. The first kappa shape index (κ1) is 14.1. The van der Waals surface area contributed by atoms with Crippen molar-refractivity contribution in [2.24, 2.45) is 11.8 Å². The molecule has 0 aromatic heterocycles. The van der Waals surface area contributed by atoms with Gasteiger partial charge in [-0.15, -0.1) is 0 Å². The molecular weight excluding hydrogens is 264 g/mol. The summed E-state index contributed by atoms with van der Waals surface area (Å²) in [6, 6.07) is 9.78. The van der Waals surface area contributed by atoms with Gasteiger partial charge in [0.15, 0.2) is 0 Å². The van der Waals surface area contributed by atoms with E-state index in [0.717, 1.165) is 12.8 Å². The Morgan fingerprint density at radius 2 is 2.00 bits per heavy atom. The molecule has 1 heterocycles. The summed E-state index contributed by atoms with van der Waals surface area (Å²) in [5.41, 5.74) is 1.31. The average Bonchev–Trinajstić information content (AvgIpc) is 3.23. The molecule has 1 aliphatic heterocycles. The minimum Gasteiger partial charge on any atom is -0.326 e. The van der Waals surface area contributed by atoms with Gasteiger partial charge in [0.05, 0.1) is 0 Å². The SMILES string of the molecule is CC[C@H](C)[C@@H]1NC(=O)N(C[C@@H]2C[C@H]2c2ccccc2)C1=O. The maximum absolute atomic E-state index is 12.4. The number of nitrogens with one attached hydrogen (secondary N) is 1. The van der Waals surface area contributed by atoms with E-state index >= 15 is 0 Å². The molecule has 0 spiro atoms. The van der Waals surface area contributed by atoms with E-state index in [-0.39, 0.29) is 23.9 Å². The number of benzene rings is 1. The number of hydrogen-bond acceptors (Lipinski definition) is 2. The molecule has 1 aromatic rings. The minimum atomic E-state index is -0.337. The summed E-state index contributed by atoms with van der Waals surface area (Å²) in [5.74, 6) is 1.05. The van der Waals surface area contributed by atoms with Crippen molar-refractivity contribution < 1.29 is 9.59 Å². The van der Waals surface area contributed by atoms with Gasteiger partial charge in [-0.1, -0.05) is 50.6 Å². The smallest absolute Gasteiger partial charge is 0.324 e. The molecule has 3 rings (SSSR count). The van der Waals surface area contributed by atoms with E-state index in [1.165, 1.54) is 10.5 Å². The molecule has 1 N–H and O–H groups in total. The topological polar surface area (TPSA) is 49.4 Å². The fourth-order valence-corrected chi connectivity index (χ4v) is 3.13. The van der Waals surface area contributed by atoms with E-state index in [0.29, 0.717) is 18.4 Å². The van der Waals surface area contributed by atoms with E-state index in [9.17, 15) is 9.59 Å². The van der Waals surface area contributed by atoms with Crippen LogP contribution in [0.2, 0.25) is 0 Å². The number of rotatable bonds is 5. The van der Waals surface area contributed by atoms with Crippen LogP contribution in [0, 0.1) is 11.8 Å². The maximum Gasteiger partial charge on any atom is 0.324 e. The van der Waals surface area contributed by atoms with Crippen LogP contribution in [0.4, 0.5) is 4.79 Å². The summed E-state index contributed by atoms with van der Waals surface area (Å²) >= 11 is 0. The van der Waals surface area contributed by atoms with E-state index in [1.807, 2.05) is 32.0 Å². The summed E-state index contributed by atoms with van der Waals surface area (Å²) in [6.45, 7) is 4.60. The molecule has 0 bridgehead atoms. The number of imide groups is 1. The Kier molecular flexibility index (Phi) is 3.70. The number of carbonyl (C=O) groups is 2. The summed E-state index contributed by atoms with van der Waals surface area (Å²) in [7, 11) is 0. The van der Waals surface area contributed by atoms with E-state index < -0.39 is 0 Å². The molecular formula is C17H22N2O2. The average molecular weight is 286 g/mol. The molecule has 3 amide bonds. The van der Waals surface area contributed by atoms with Gasteiger partial charge in [-0.3, -0.25) is 9.69 Å². The van der Waals surface area contributed by atoms with E-state index in [2.05, 4.69) is 17.4 Å². The zero-order chi connectivity index (χ0) is 15.0. The Morgan fingerprint density at radius 1 is 1.29 bits per heavy atom. The molecule has 4 atom stereocenters. The number of carbonyl (C=O) groups excluding carboxylic acids is 2. The van der Waals surface area contributed by atoms with Crippen molar-refractivity contribution in [1.82, 2.24) is 10.2 Å². The van der Waals surface area contributed by atoms with Gasteiger partial charge in [0, 0.05) is 6.54 Å². The Hall–Kier alpha value is -1.84. The normalized spacial score (nSPS) is 29.4. The van der Waals surface area contributed by atoms with Crippen LogP contribution < -0.4 is 5.32 Å². The zero-order valence-corrected chi connectivity index (χ0v) is 12.6. The molecule has 0 radical (unpaired) electrons. The van der Waals surface area contributed by atoms with Gasteiger partial charge < -0.3 is 5.32 Å². The lowest BCUT2D eigenvalue weighted by Crippen LogP contribution is -2.36. The van der Waals surface area contributed by atoms with Gasteiger partial charge in [0.1, 0.15) is 6.04 Å². The van der Waals surface area contributed by atoms with Gasteiger partial charge in [-0.2, -0.15) is 0 Å². The van der Waals surface area contributed by atoms with Crippen molar-refractivity contribution in [2.75, 3.05) is 6.54 Å². The number of hydrogen-bond donors (Lipinski definition) is 1. The molecule has 1 saturated carbocycles. The molecule has 1 aromatic carbocycles. The van der Waals surface area contributed by atoms with E-state index in [4.69, 9.17) is 0 Å². The van der Waals surface area contributed by atoms with Crippen molar-refractivity contribution in [3.8, 4) is 0 Å². The highest BCUT2D eigenvalue weighted by Crippen LogP contribution is 2.48.